The molecule has 1 aromatic rings. The van der Waals surface area contributed by atoms with Crippen LogP contribution in [0.1, 0.15) is 37.0 Å². The molecule has 21 heavy (non-hydrogen) atoms. The number of halogens is 1. The summed E-state index contributed by atoms with van der Waals surface area (Å²) in [5, 5.41) is 8.85. The van der Waals surface area contributed by atoms with E-state index in [1.165, 1.54) is 22.5 Å². The first kappa shape index (κ1) is 16.3. The van der Waals surface area contributed by atoms with Crippen LogP contribution in [0.2, 0.25) is 5.02 Å². The molecule has 1 aliphatic rings. The molecule has 0 bridgehead atoms. The third-order valence-electron chi connectivity index (χ3n) is 3.88. The van der Waals surface area contributed by atoms with E-state index < -0.39 is 16.0 Å². The fraction of sp³-hybridized carbons (Fsp3) is 0.500. The van der Waals surface area contributed by atoms with Crippen LogP contribution in [-0.2, 0) is 10.0 Å². The molecular weight excluding hydrogens is 314 g/mol. The predicted octanol–water partition coefficient (Wildman–Crippen LogP) is 2.85. The van der Waals surface area contributed by atoms with Gasteiger partial charge in [0.1, 0.15) is 0 Å². The van der Waals surface area contributed by atoms with Crippen LogP contribution in [-0.4, -0.2) is 36.9 Å². The first-order valence-corrected chi connectivity index (χ1v) is 8.48. The number of sulfonamides is 1. The molecule has 1 N–H and O–H groups in total. The Labute approximate surface area is 129 Å². The van der Waals surface area contributed by atoms with E-state index in [0.29, 0.717) is 13.1 Å². The van der Waals surface area contributed by atoms with Crippen LogP contribution in [0.3, 0.4) is 0 Å². The average molecular weight is 332 g/mol. The number of carboxylic acid groups (broad SMARTS) is 1. The monoisotopic (exact) mass is 331 g/mol. The molecule has 0 aromatic heterocycles. The standard InChI is InChI=1S/C14H18ClNO4S/c1-14(2)5-7-16(8-6-14)21(19,20)10-3-4-11(13(17)18)12(15)9-10/h3-4,9H,5-8H2,1-2H3,(H,17,18). The van der Waals surface area contributed by atoms with Crippen molar-refractivity contribution in [2.75, 3.05) is 13.1 Å². The van der Waals surface area contributed by atoms with Crippen molar-refractivity contribution >= 4 is 27.6 Å². The van der Waals surface area contributed by atoms with Gasteiger partial charge in [-0.25, -0.2) is 13.2 Å². The lowest BCUT2D eigenvalue weighted by Gasteiger charge is -2.36. The number of hydrogen-bond acceptors (Lipinski definition) is 3. The number of carboxylic acids is 1. The molecule has 116 valence electrons. The molecule has 0 atom stereocenters. The third kappa shape index (κ3) is 3.39. The fourth-order valence-corrected chi connectivity index (χ4v) is 4.10. The van der Waals surface area contributed by atoms with Gasteiger partial charge in [-0.1, -0.05) is 25.4 Å². The van der Waals surface area contributed by atoms with Gasteiger partial charge < -0.3 is 5.11 Å². The number of nitrogens with zero attached hydrogens (tertiary/aromatic N) is 1. The summed E-state index contributed by atoms with van der Waals surface area (Å²) in [5.74, 6) is -1.18. The van der Waals surface area contributed by atoms with Gasteiger partial charge in [0, 0.05) is 13.1 Å². The van der Waals surface area contributed by atoms with E-state index in [9.17, 15) is 13.2 Å². The van der Waals surface area contributed by atoms with E-state index >= 15 is 0 Å². The molecule has 0 saturated carbocycles. The lowest BCUT2D eigenvalue weighted by molar-refractivity contribution is 0.0697. The van der Waals surface area contributed by atoms with Gasteiger partial charge >= 0.3 is 5.97 Å². The minimum Gasteiger partial charge on any atom is -0.478 e. The highest BCUT2D eigenvalue weighted by molar-refractivity contribution is 7.89. The molecule has 1 fully saturated rings. The first-order valence-electron chi connectivity index (χ1n) is 6.66. The van der Waals surface area contributed by atoms with Crippen molar-refractivity contribution in [2.45, 2.75) is 31.6 Å². The van der Waals surface area contributed by atoms with Crippen molar-refractivity contribution in [1.29, 1.82) is 0 Å². The molecule has 1 aliphatic heterocycles. The van der Waals surface area contributed by atoms with Gasteiger partial charge in [0.15, 0.2) is 0 Å². The van der Waals surface area contributed by atoms with Crippen LogP contribution >= 0.6 is 11.6 Å². The highest BCUT2D eigenvalue weighted by Gasteiger charge is 2.33. The molecule has 1 aromatic carbocycles. The zero-order chi connectivity index (χ0) is 15.8. The van der Waals surface area contributed by atoms with E-state index in [4.69, 9.17) is 16.7 Å². The van der Waals surface area contributed by atoms with Crippen molar-refractivity contribution in [3.05, 3.63) is 28.8 Å². The van der Waals surface area contributed by atoms with Gasteiger partial charge in [-0.3, -0.25) is 0 Å². The molecule has 0 spiro atoms. The Hall–Kier alpha value is -1.11. The number of benzene rings is 1. The second-order valence-corrected chi connectivity index (χ2v) is 8.36. The zero-order valence-electron chi connectivity index (χ0n) is 12.0. The molecule has 1 saturated heterocycles. The maximum Gasteiger partial charge on any atom is 0.337 e. The van der Waals surface area contributed by atoms with Crippen molar-refractivity contribution < 1.29 is 18.3 Å². The molecule has 7 heteroatoms. The summed E-state index contributed by atoms with van der Waals surface area (Å²) in [6.45, 7) is 5.17. The molecule has 5 nitrogen and oxygen atoms in total. The lowest BCUT2D eigenvalue weighted by atomic mass is 9.83. The minimum absolute atomic E-state index is 0.0391. The van der Waals surface area contributed by atoms with Crippen LogP contribution in [0.5, 0.6) is 0 Å². The molecule has 2 rings (SSSR count). The highest BCUT2D eigenvalue weighted by atomic mass is 35.5. The number of carbonyl (C=O) groups is 1. The summed E-state index contributed by atoms with van der Waals surface area (Å²) in [4.78, 5) is 11.0. The van der Waals surface area contributed by atoms with Crippen LogP contribution in [0.4, 0.5) is 0 Å². The van der Waals surface area contributed by atoms with Crippen molar-refractivity contribution in [3.8, 4) is 0 Å². The maximum atomic E-state index is 12.6. The zero-order valence-corrected chi connectivity index (χ0v) is 13.5. The van der Waals surface area contributed by atoms with Gasteiger partial charge in [-0.15, -0.1) is 0 Å². The van der Waals surface area contributed by atoms with Crippen LogP contribution in [0.15, 0.2) is 23.1 Å². The topological polar surface area (TPSA) is 74.7 Å². The Morgan fingerprint density at radius 2 is 1.86 bits per heavy atom. The van der Waals surface area contributed by atoms with Gasteiger partial charge in [-0.2, -0.15) is 4.31 Å². The maximum absolute atomic E-state index is 12.6. The van der Waals surface area contributed by atoms with Crippen LogP contribution < -0.4 is 0 Å². The van der Waals surface area contributed by atoms with E-state index in [2.05, 4.69) is 13.8 Å². The van der Waals surface area contributed by atoms with E-state index in [-0.39, 0.29) is 20.9 Å². The second-order valence-electron chi connectivity index (χ2n) is 6.02. The Morgan fingerprint density at radius 3 is 2.33 bits per heavy atom. The fourth-order valence-electron chi connectivity index (χ4n) is 2.31. The SMILES string of the molecule is CC1(C)CCN(S(=O)(=O)c2ccc(C(=O)O)c(Cl)c2)CC1. The second kappa shape index (κ2) is 5.59. The molecule has 0 aliphatic carbocycles. The van der Waals surface area contributed by atoms with Gasteiger partial charge in [0.25, 0.3) is 0 Å². The summed E-state index contributed by atoms with van der Waals surface area (Å²) < 4.78 is 26.5. The van der Waals surface area contributed by atoms with Gasteiger partial charge in [0.2, 0.25) is 10.0 Å². The number of hydrogen-bond donors (Lipinski definition) is 1. The summed E-state index contributed by atoms with van der Waals surface area (Å²) >= 11 is 5.85. The summed E-state index contributed by atoms with van der Waals surface area (Å²) in [6, 6.07) is 3.73. The Balaban J connectivity index is 2.28. The van der Waals surface area contributed by atoms with Gasteiger partial charge in [0.05, 0.1) is 15.5 Å². The summed E-state index contributed by atoms with van der Waals surface area (Å²) in [7, 11) is -3.62. The normalized spacial score (nSPS) is 19.4. The quantitative estimate of drug-likeness (QED) is 0.924. The van der Waals surface area contributed by atoms with Crippen molar-refractivity contribution in [1.82, 2.24) is 4.31 Å². The van der Waals surface area contributed by atoms with Crippen molar-refractivity contribution in [3.63, 3.8) is 0 Å². The van der Waals surface area contributed by atoms with E-state index in [0.717, 1.165) is 12.8 Å². The number of rotatable bonds is 3. The molecule has 0 radical (unpaired) electrons. The Kier molecular flexibility index (Phi) is 4.33. The number of aromatic carboxylic acids is 1. The molecule has 0 amide bonds. The van der Waals surface area contributed by atoms with Crippen LogP contribution in [0.25, 0.3) is 0 Å². The van der Waals surface area contributed by atoms with E-state index in [1.807, 2.05) is 0 Å². The molecule has 0 unspecified atom stereocenters. The predicted molar refractivity (Wildman–Crippen MR) is 80.2 cm³/mol. The van der Waals surface area contributed by atoms with Gasteiger partial charge in [-0.05, 0) is 36.5 Å². The number of piperidine rings is 1. The molecular formula is C14H18ClNO4S. The summed E-state index contributed by atoms with van der Waals surface area (Å²) in [6.07, 6.45) is 1.60. The molecule has 1 heterocycles. The lowest BCUT2D eigenvalue weighted by Crippen LogP contribution is -2.41. The minimum atomic E-state index is -3.62. The third-order valence-corrected chi connectivity index (χ3v) is 6.09. The van der Waals surface area contributed by atoms with Crippen LogP contribution in [0, 0.1) is 5.41 Å². The average Bonchev–Trinajstić information content (AvgIpc) is 2.37. The highest BCUT2D eigenvalue weighted by Crippen LogP contribution is 2.33. The smallest absolute Gasteiger partial charge is 0.337 e. The van der Waals surface area contributed by atoms with Crippen molar-refractivity contribution in [2.24, 2.45) is 5.41 Å². The first-order chi connectivity index (χ1) is 9.63. The van der Waals surface area contributed by atoms with E-state index in [1.54, 1.807) is 0 Å². The Bertz CT molecular complexity index is 660. The largest absolute Gasteiger partial charge is 0.478 e. The summed E-state index contributed by atoms with van der Waals surface area (Å²) in [5.41, 5.74) is 0.0481. The Morgan fingerprint density at radius 1 is 1.29 bits per heavy atom.